The van der Waals surface area contributed by atoms with Gasteiger partial charge in [0.15, 0.2) is 5.82 Å². The van der Waals surface area contributed by atoms with Crippen LogP contribution in [-0.2, 0) is 6.18 Å². The molecule has 3 aromatic rings. The lowest BCUT2D eigenvalue weighted by molar-refractivity contribution is -0.137. The second-order valence-electron chi connectivity index (χ2n) is 14.1. The number of nitrogens with one attached hydrogen (secondary N) is 1. The summed E-state index contributed by atoms with van der Waals surface area (Å²) in [5.41, 5.74) is 3.31. The zero-order valence-electron chi connectivity index (χ0n) is 27.1. The average Bonchev–Trinajstić information content (AvgIpc) is 3.70. The third kappa shape index (κ3) is 4.87. The van der Waals surface area contributed by atoms with Gasteiger partial charge in [-0.15, -0.1) is 0 Å². The molecular formula is C35H35F5N8O. The molecule has 5 aliphatic rings. The van der Waals surface area contributed by atoms with Crippen molar-refractivity contribution >= 4 is 28.1 Å². The lowest BCUT2D eigenvalue weighted by Gasteiger charge is -2.41. The molecule has 0 radical (unpaired) electrons. The fourth-order valence-corrected chi connectivity index (χ4v) is 9.00. The molecule has 8 rings (SSSR count). The van der Waals surface area contributed by atoms with Crippen molar-refractivity contribution in [1.29, 1.82) is 5.26 Å². The van der Waals surface area contributed by atoms with E-state index in [0.29, 0.717) is 42.9 Å². The number of benzene rings is 1. The van der Waals surface area contributed by atoms with Crippen molar-refractivity contribution in [1.82, 2.24) is 25.2 Å². The Bertz CT molecular complexity index is 2020. The van der Waals surface area contributed by atoms with Crippen molar-refractivity contribution in [2.75, 3.05) is 36.9 Å². The molecule has 256 valence electrons. The lowest BCUT2D eigenvalue weighted by Crippen LogP contribution is -2.58. The minimum Gasteiger partial charge on any atom is -0.461 e. The minimum atomic E-state index is -4.94. The molecule has 0 spiro atoms. The van der Waals surface area contributed by atoms with Gasteiger partial charge in [-0.2, -0.15) is 28.4 Å². The van der Waals surface area contributed by atoms with E-state index in [2.05, 4.69) is 31.7 Å². The molecule has 9 nitrogen and oxygen atoms in total. The van der Waals surface area contributed by atoms with Crippen molar-refractivity contribution in [2.24, 2.45) is 0 Å². The normalized spacial score (nSPS) is 27.3. The smallest absolute Gasteiger partial charge is 0.418 e. The van der Waals surface area contributed by atoms with Gasteiger partial charge in [-0.3, -0.25) is 4.90 Å². The molecular weight excluding hydrogens is 643 g/mol. The number of ether oxygens (including phenoxy) is 1. The SMILES string of the molecule is C=C1C[C@@H]2[C@@H]3CC[C@H](CN2c2nc(OC[C@@]45CCCN4C/C(=C(\C)F)C5)nc4c(F)c(-c5nc(N)cc(C)c5C(F)(F)F)c(C#N)c1c24)N3. The van der Waals surface area contributed by atoms with Gasteiger partial charge in [0.05, 0.1) is 39.1 Å². The van der Waals surface area contributed by atoms with Crippen LogP contribution in [0.5, 0.6) is 6.01 Å². The fourth-order valence-electron chi connectivity index (χ4n) is 9.00. The zero-order chi connectivity index (χ0) is 34.6. The van der Waals surface area contributed by atoms with E-state index >= 15 is 4.39 Å². The molecule has 2 bridgehead atoms. The van der Waals surface area contributed by atoms with E-state index in [0.717, 1.165) is 38.3 Å². The van der Waals surface area contributed by atoms with Gasteiger partial charge in [0.25, 0.3) is 0 Å². The topological polar surface area (TPSA) is 116 Å². The molecule has 3 N–H and O–H groups in total. The zero-order valence-corrected chi connectivity index (χ0v) is 27.1. The molecule has 4 fully saturated rings. The predicted molar refractivity (Wildman–Crippen MR) is 174 cm³/mol. The average molecular weight is 679 g/mol. The molecule has 7 heterocycles. The van der Waals surface area contributed by atoms with Crippen LogP contribution in [0.1, 0.15) is 67.7 Å². The molecule has 49 heavy (non-hydrogen) atoms. The molecule has 4 saturated heterocycles. The van der Waals surface area contributed by atoms with E-state index in [9.17, 15) is 22.8 Å². The van der Waals surface area contributed by atoms with Gasteiger partial charge >= 0.3 is 12.2 Å². The summed E-state index contributed by atoms with van der Waals surface area (Å²) in [4.78, 5) is 17.7. The van der Waals surface area contributed by atoms with Crippen LogP contribution in [0.15, 0.2) is 24.0 Å². The molecule has 2 aromatic heterocycles. The van der Waals surface area contributed by atoms with Gasteiger partial charge in [-0.25, -0.2) is 13.8 Å². The molecule has 5 aliphatic heterocycles. The Labute approximate surface area is 279 Å². The first-order valence-electron chi connectivity index (χ1n) is 16.5. The highest BCUT2D eigenvalue weighted by molar-refractivity contribution is 6.06. The molecule has 1 aromatic carbocycles. The molecule has 4 atom stereocenters. The number of pyridine rings is 1. The molecule has 0 unspecified atom stereocenters. The van der Waals surface area contributed by atoms with Crippen LogP contribution in [0.25, 0.3) is 27.7 Å². The number of nitrogen functional groups attached to an aromatic ring is 1. The Morgan fingerprint density at radius 1 is 1.24 bits per heavy atom. The summed E-state index contributed by atoms with van der Waals surface area (Å²) in [6, 6.07) is 2.96. The van der Waals surface area contributed by atoms with Crippen LogP contribution >= 0.6 is 0 Å². The van der Waals surface area contributed by atoms with E-state index < -0.39 is 34.4 Å². The first-order valence-corrected chi connectivity index (χ1v) is 16.5. The summed E-state index contributed by atoms with van der Waals surface area (Å²) in [7, 11) is 0. The van der Waals surface area contributed by atoms with Gasteiger partial charge in [-0.1, -0.05) is 6.58 Å². The second-order valence-corrected chi connectivity index (χ2v) is 14.1. The summed E-state index contributed by atoms with van der Waals surface area (Å²) < 4.78 is 81.6. The number of rotatable bonds is 4. The second kappa shape index (κ2) is 11.1. The van der Waals surface area contributed by atoms with Crippen LogP contribution in [-0.4, -0.2) is 69.8 Å². The monoisotopic (exact) mass is 678 g/mol. The number of anilines is 2. The number of halogens is 5. The van der Waals surface area contributed by atoms with Crippen molar-refractivity contribution < 1.29 is 26.7 Å². The van der Waals surface area contributed by atoms with Gasteiger partial charge in [0.2, 0.25) is 0 Å². The third-order valence-electron chi connectivity index (χ3n) is 11.2. The lowest BCUT2D eigenvalue weighted by atomic mass is 9.87. The number of nitrogens with two attached hydrogens (primary N) is 1. The van der Waals surface area contributed by atoms with Crippen LogP contribution in [0.4, 0.5) is 33.6 Å². The number of aromatic nitrogens is 3. The maximum Gasteiger partial charge on any atom is 0.418 e. The quantitative estimate of drug-likeness (QED) is 0.312. The standard InChI is InChI=1S/C35H35F5N8O/c1-16-9-23-22-6-5-20(43-22)14-48(23)32-27-25(16)21(12-41)26(30-28(35(38,39)40)17(2)10-24(42)44-30)29(37)31(27)45-33(46-32)49-15-34-7-4-8-47(34)13-19(11-34)18(3)36/h10,20,22-23,43H,1,4-9,11,13-15H2,2-3H3,(H2,42,44)/b19-18+/t20-,22+,23-,34+/m1/s1. The minimum absolute atomic E-state index is 0.0580. The van der Waals surface area contributed by atoms with Crippen LogP contribution < -0.4 is 20.7 Å². The molecule has 14 heteroatoms. The summed E-state index contributed by atoms with van der Waals surface area (Å²) in [6.45, 7) is 8.90. The van der Waals surface area contributed by atoms with Crippen molar-refractivity contribution in [2.45, 2.75) is 82.2 Å². The fraction of sp³-hybridized carbons (Fsp3) is 0.486. The largest absolute Gasteiger partial charge is 0.461 e. The van der Waals surface area contributed by atoms with Gasteiger partial charge in [-0.05, 0) is 81.7 Å². The highest BCUT2D eigenvalue weighted by atomic mass is 19.4. The van der Waals surface area contributed by atoms with Crippen molar-refractivity contribution in [3.05, 3.63) is 52.1 Å². The van der Waals surface area contributed by atoms with Crippen LogP contribution in [0.2, 0.25) is 0 Å². The number of nitriles is 1. The number of alkyl halides is 3. The number of hydrogen-bond donors (Lipinski definition) is 2. The molecule has 0 aliphatic carbocycles. The number of aryl methyl sites for hydroxylation is 1. The Morgan fingerprint density at radius 3 is 2.78 bits per heavy atom. The maximum atomic E-state index is 17.2. The van der Waals surface area contributed by atoms with Gasteiger partial charge in [0.1, 0.15) is 29.8 Å². The Hall–Kier alpha value is -4.35. The van der Waals surface area contributed by atoms with Crippen molar-refractivity contribution in [3.63, 3.8) is 0 Å². The third-order valence-corrected chi connectivity index (χ3v) is 11.2. The summed E-state index contributed by atoms with van der Waals surface area (Å²) in [5, 5.41) is 14.4. The summed E-state index contributed by atoms with van der Waals surface area (Å²) >= 11 is 0. The Kier molecular flexibility index (Phi) is 7.21. The summed E-state index contributed by atoms with van der Waals surface area (Å²) in [5.74, 6) is -1.28. The van der Waals surface area contributed by atoms with E-state index in [4.69, 9.17) is 15.5 Å². The van der Waals surface area contributed by atoms with Crippen LogP contribution in [0.3, 0.4) is 0 Å². The number of hydrogen-bond acceptors (Lipinski definition) is 9. The molecule has 0 saturated carbocycles. The summed E-state index contributed by atoms with van der Waals surface area (Å²) in [6.07, 6.45) is -0.594. The number of nitrogens with zero attached hydrogens (tertiary/aromatic N) is 6. The van der Waals surface area contributed by atoms with E-state index in [1.54, 1.807) is 0 Å². The Balaban J connectivity index is 1.37. The van der Waals surface area contributed by atoms with Crippen molar-refractivity contribution in [3.8, 4) is 23.3 Å². The highest BCUT2D eigenvalue weighted by Crippen LogP contribution is 2.50. The first-order chi connectivity index (χ1) is 23.3. The maximum absolute atomic E-state index is 17.2. The van der Waals surface area contributed by atoms with E-state index in [1.165, 1.54) is 13.8 Å². The molecule has 0 amide bonds. The van der Waals surface area contributed by atoms with E-state index in [-0.39, 0.29) is 70.0 Å². The highest BCUT2D eigenvalue weighted by Gasteiger charge is 2.49. The predicted octanol–water partition coefficient (Wildman–Crippen LogP) is 6.20. The van der Waals surface area contributed by atoms with Gasteiger partial charge < -0.3 is 20.7 Å². The number of allylic oxidation sites excluding steroid dienone is 1. The van der Waals surface area contributed by atoms with E-state index in [1.807, 2.05) is 6.07 Å². The number of fused-ring (bicyclic) bond motifs is 6. The van der Waals surface area contributed by atoms with Crippen LogP contribution in [0, 0.1) is 24.1 Å². The Morgan fingerprint density at radius 2 is 2.04 bits per heavy atom. The first kappa shape index (κ1) is 31.9. The van der Waals surface area contributed by atoms with Gasteiger partial charge in [0, 0.05) is 36.8 Å². The number of piperazine rings is 1.